The van der Waals surface area contributed by atoms with Crippen molar-refractivity contribution in [3.05, 3.63) is 0 Å². The van der Waals surface area contributed by atoms with Crippen LogP contribution in [0, 0.1) is 22.7 Å². The van der Waals surface area contributed by atoms with E-state index in [1.807, 2.05) is 0 Å². The van der Waals surface area contributed by atoms with Crippen molar-refractivity contribution in [3.8, 4) is 0 Å². The maximum Gasteiger partial charge on any atom is 0.126 e. The fourth-order valence-electron chi connectivity index (χ4n) is 5.76. The third kappa shape index (κ3) is 6.42. The van der Waals surface area contributed by atoms with E-state index in [0.717, 1.165) is 50.5 Å². The third-order valence-electron chi connectivity index (χ3n) is 7.10. The Morgan fingerprint density at radius 2 is 1.43 bits per heavy atom. The molecule has 0 aromatic heterocycles. The number of hydrogen-bond donors (Lipinski definition) is 1. The van der Waals surface area contributed by atoms with E-state index in [1.54, 1.807) is 0 Å². The molecule has 3 heteroatoms. The highest BCUT2D eigenvalue weighted by atomic mass is 19.1. The van der Waals surface area contributed by atoms with E-state index in [1.165, 1.54) is 38.9 Å². The Kier molecular flexibility index (Phi) is 8.42. The van der Waals surface area contributed by atoms with Gasteiger partial charge in [0.1, 0.15) is 5.67 Å². The quantitative estimate of drug-likeness (QED) is 0.507. The van der Waals surface area contributed by atoms with Gasteiger partial charge in [-0.15, -0.1) is 0 Å². The maximum atomic E-state index is 15.4. The van der Waals surface area contributed by atoms with Crippen LogP contribution < -0.4 is 5.32 Å². The first-order valence-corrected chi connectivity index (χ1v) is 12.2. The monoisotopic (exact) mass is 396 g/mol. The van der Waals surface area contributed by atoms with Crippen LogP contribution in [0.25, 0.3) is 0 Å². The number of hydrogen-bond acceptors (Lipinski definition) is 2. The molecule has 28 heavy (non-hydrogen) atoms. The molecule has 0 bridgehead atoms. The molecule has 2 saturated carbocycles. The van der Waals surface area contributed by atoms with Gasteiger partial charge in [-0.05, 0) is 80.6 Å². The number of halogens is 1. The van der Waals surface area contributed by atoms with E-state index in [2.05, 4.69) is 58.7 Å². The van der Waals surface area contributed by atoms with Gasteiger partial charge >= 0.3 is 0 Å². The molecule has 166 valence electrons. The Hall–Kier alpha value is -0.150. The molecule has 1 aliphatic heterocycles. The van der Waals surface area contributed by atoms with Gasteiger partial charge in [0, 0.05) is 25.7 Å². The van der Waals surface area contributed by atoms with Crippen LogP contribution >= 0.6 is 0 Å². The van der Waals surface area contributed by atoms with Crippen LogP contribution in [0.2, 0.25) is 0 Å². The summed E-state index contributed by atoms with van der Waals surface area (Å²) in [5.41, 5.74) is 0.131. The van der Waals surface area contributed by atoms with E-state index in [4.69, 9.17) is 0 Å². The summed E-state index contributed by atoms with van der Waals surface area (Å²) >= 11 is 0. The average molecular weight is 397 g/mol. The topological polar surface area (TPSA) is 15.3 Å². The molecule has 3 fully saturated rings. The number of nitrogens with one attached hydrogen (secondary N) is 1. The van der Waals surface area contributed by atoms with Crippen molar-refractivity contribution >= 4 is 0 Å². The smallest absolute Gasteiger partial charge is 0.126 e. The summed E-state index contributed by atoms with van der Waals surface area (Å²) in [7, 11) is 0. The highest BCUT2D eigenvalue weighted by molar-refractivity contribution is 5.07. The molecular formula is C25H49FN2. The van der Waals surface area contributed by atoms with E-state index < -0.39 is 5.67 Å². The van der Waals surface area contributed by atoms with Crippen LogP contribution in [-0.4, -0.2) is 42.8 Å². The molecular weight excluding hydrogens is 347 g/mol. The minimum atomic E-state index is -0.966. The Morgan fingerprint density at radius 3 is 1.82 bits per heavy atom. The van der Waals surface area contributed by atoms with Crippen LogP contribution in [-0.2, 0) is 0 Å². The van der Waals surface area contributed by atoms with Gasteiger partial charge in [0.25, 0.3) is 0 Å². The number of alkyl halides is 1. The summed E-state index contributed by atoms with van der Waals surface area (Å²) < 4.78 is 15.4. The van der Waals surface area contributed by atoms with E-state index in [-0.39, 0.29) is 6.04 Å². The van der Waals surface area contributed by atoms with Crippen LogP contribution in [0.3, 0.4) is 0 Å². The summed E-state index contributed by atoms with van der Waals surface area (Å²) in [4.78, 5) is 2.68. The molecule has 2 aliphatic carbocycles. The van der Waals surface area contributed by atoms with Gasteiger partial charge in [0.2, 0.25) is 0 Å². The molecule has 2 nitrogen and oxygen atoms in total. The third-order valence-corrected chi connectivity index (χ3v) is 7.10. The molecule has 0 radical (unpaired) electrons. The SMILES string of the molecule is CC(C)C.CCNC(CC)C1(F)CCC2(CC1)CN(CC1(CC(C)C)CC1)C2. The largest absolute Gasteiger partial charge is 0.311 e. The van der Waals surface area contributed by atoms with Gasteiger partial charge in [0.05, 0.1) is 0 Å². The summed E-state index contributed by atoms with van der Waals surface area (Å²) in [5, 5.41) is 3.39. The molecule has 3 aliphatic rings. The van der Waals surface area contributed by atoms with Crippen molar-refractivity contribution in [2.45, 2.75) is 112 Å². The van der Waals surface area contributed by atoms with Gasteiger partial charge in [-0.25, -0.2) is 4.39 Å². The second-order valence-electron chi connectivity index (χ2n) is 11.5. The van der Waals surface area contributed by atoms with Crippen LogP contribution in [0.1, 0.15) is 99.8 Å². The Labute approximate surface area is 175 Å². The molecule has 1 spiro atoms. The first-order valence-electron chi connectivity index (χ1n) is 12.2. The molecule has 1 unspecified atom stereocenters. The minimum absolute atomic E-state index is 0.0526. The summed E-state index contributed by atoms with van der Waals surface area (Å²) in [6.07, 6.45) is 8.89. The van der Waals surface area contributed by atoms with Crippen LogP contribution in [0.4, 0.5) is 4.39 Å². The molecule has 1 saturated heterocycles. The number of rotatable bonds is 8. The first-order chi connectivity index (χ1) is 13.1. The highest BCUT2D eigenvalue weighted by Gasteiger charge is 2.53. The van der Waals surface area contributed by atoms with Gasteiger partial charge in [-0.3, -0.25) is 0 Å². The maximum absolute atomic E-state index is 15.4. The van der Waals surface area contributed by atoms with Gasteiger partial charge < -0.3 is 10.2 Å². The van der Waals surface area contributed by atoms with Gasteiger partial charge in [0.15, 0.2) is 0 Å². The zero-order valence-electron chi connectivity index (χ0n) is 20.0. The summed E-state index contributed by atoms with van der Waals surface area (Å²) in [6.45, 7) is 20.1. The number of likely N-dealkylation sites (tertiary alicyclic amines) is 1. The fraction of sp³-hybridized carbons (Fsp3) is 1.00. The predicted molar refractivity (Wildman–Crippen MR) is 121 cm³/mol. The van der Waals surface area contributed by atoms with E-state index in [0.29, 0.717) is 10.8 Å². The summed E-state index contributed by atoms with van der Waals surface area (Å²) in [6, 6.07) is 0.0526. The highest BCUT2D eigenvalue weighted by Crippen LogP contribution is 2.55. The standard InChI is InChI=1S/C21H39FN2.C4H10/c1-5-18(23-6-2)21(22)11-9-20(10-12-21)15-24(16-20)14-19(7-8-19)13-17(3)4;1-4(2)3/h17-18,23H,5-16H2,1-4H3;4H,1-3H3. The van der Waals surface area contributed by atoms with E-state index >= 15 is 4.39 Å². The molecule has 0 amide bonds. The van der Waals surface area contributed by atoms with Crippen molar-refractivity contribution in [1.29, 1.82) is 0 Å². The molecule has 1 atom stereocenters. The zero-order valence-corrected chi connectivity index (χ0v) is 20.0. The van der Waals surface area contributed by atoms with Gasteiger partial charge in [-0.2, -0.15) is 0 Å². The lowest BCUT2D eigenvalue weighted by Gasteiger charge is -2.56. The second kappa shape index (κ2) is 9.77. The lowest BCUT2D eigenvalue weighted by molar-refractivity contribution is -0.0816. The Morgan fingerprint density at radius 1 is 0.893 bits per heavy atom. The van der Waals surface area contributed by atoms with Crippen molar-refractivity contribution < 1.29 is 4.39 Å². The zero-order chi connectivity index (χ0) is 21.0. The molecule has 0 aromatic carbocycles. The fourth-order valence-corrected chi connectivity index (χ4v) is 5.76. The van der Waals surface area contributed by atoms with Crippen molar-refractivity contribution in [1.82, 2.24) is 10.2 Å². The van der Waals surface area contributed by atoms with Crippen molar-refractivity contribution in [2.24, 2.45) is 22.7 Å². The van der Waals surface area contributed by atoms with Crippen molar-refractivity contribution in [2.75, 3.05) is 26.2 Å². The lowest BCUT2D eigenvalue weighted by Crippen LogP contribution is -2.61. The predicted octanol–water partition coefficient (Wildman–Crippen LogP) is 6.45. The van der Waals surface area contributed by atoms with Crippen molar-refractivity contribution in [3.63, 3.8) is 0 Å². The second-order valence-corrected chi connectivity index (χ2v) is 11.5. The lowest BCUT2D eigenvalue weighted by atomic mass is 9.63. The Balaban J connectivity index is 0.000000640. The summed E-state index contributed by atoms with van der Waals surface area (Å²) in [5.74, 6) is 1.65. The van der Waals surface area contributed by atoms with Gasteiger partial charge in [-0.1, -0.05) is 48.5 Å². The molecule has 3 rings (SSSR count). The number of nitrogens with zero attached hydrogens (tertiary/aromatic N) is 1. The molecule has 1 heterocycles. The average Bonchev–Trinajstić information content (AvgIpc) is 3.31. The molecule has 0 aromatic rings. The first kappa shape index (κ1) is 24.1. The van der Waals surface area contributed by atoms with Crippen LogP contribution in [0.15, 0.2) is 0 Å². The molecule has 1 N–H and O–H groups in total. The van der Waals surface area contributed by atoms with Crippen LogP contribution in [0.5, 0.6) is 0 Å². The Bertz CT molecular complexity index is 450. The minimum Gasteiger partial charge on any atom is -0.311 e. The normalized spacial score (nSPS) is 25.9. The van der Waals surface area contributed by atoms with E-state index in [9.17, 15) is 0 Å².